The van der Waals surface area contributed by atoms with E-state index < -0.39 is 0 Å². The topological polar surface area (TPSA) is 91.8 Å². The number of nitrogens with zero attached hydrogens (tertiary/aromatic N) is 2. The number of carboxylic acid groups (broad SMARTS) is 1. The number of amides is 1. The normalized spacial score (nSPS) is 17.5. The number of pyridine rings is 1. The molecule has 2 N–H and O–H groups in total. The molecular weight excluding hydrogens is 274 g/mol. The molecule has 0 radical (unpaired) electrons. The first kappa shape index (κ1) is 16.9. The zero-order chi connectivity index (χ0) is 15.7. The number of nitrogens with one attached hydrogen (secondary N) is 1. The summed E-state index contributed by atoms with van der Waals surface area (Å²) in [7, 11) is 3.34. The number of aromatic nitrogens is 1. The highest BCUT2D eigenvalue weighted by molar-refractivity contribution is 5.78. The first-order valence-corrected chi connectivity index (χ1v) is 6.65. The third-order valence-electron chi connectivity index (χ3n) is 3.30. The van der Waals surface area contributed by atoms with E-state index in [1.54, 1.807) is 20.4 Å². The summed E-state index contributed by atoms with van der Waals surface area (Å²) in [6, 6.07) is 3.77. The molecule has 1 unspecified atom stereocenters. The van der Waals surface area contributed by atoms with Crippen molar-refractivity contribution in [3.05, 3.63) is 24.0 Å². The van der Waals surface area contributed by atoms with Gasteiger partial charge >= 0.3 is 0 Å². The molecule has 0 aromatic carbocycles. The summed E-state index contributed by atoms with van der Waals surface area (Å²) in [5.74, 6) is 1.07. The summed E-state index contributed by atoms with van der Waals surface area (Å²) in [5.41, 5.74) is 0.979. The second-order valence-electron chi connectivity index (χ2n) is 4.63. The maximum atomic E-state index is 11.5. The molecule has 1 aromatic rings. The molecule has 0 saturated carbocycles. The van der Waals surface area contributed by atoms with Crippen molar-refractivity contribution in [2.45, 2.75) is 13.0 Å². The van der Waals surface area contributed by atoms with Crippen LogP contribution in [0.4, 0.5) is 0 Å². The molecule has 1 fully saturated rings. The molecule has 1 aliphatic heterocycles. The van der Waals surface area contributed by atoms with Gasteiger partial charge < -0.3 is 15.2 Å². The zero-order valence-electron chi connectivity index (χ0n) is 12.3. The Hall–Kier alpha value is -2.15. The lowest BCUT2D eigenvalue weighted by Crippen LogP contribution is -2.30. The fraction of sp³-hybridized carbons (Fsp3) is 0.500. The van der Waals surface area contributed by atoms with E-state index in [1.165, 1.54) is 0 Å². The molecule has 0 spiro atoms. The van der Waals surface area contributed by atoms with Gasteiger partial charge in [-0.3, -0.25) is 19.5 Å². The summed E-state index contributed by atoms with van der Waals surface area (Å²) < 4.78 is 5.17. The van der Waals surface area contributed by atoms with Gasteiger partial charge in [0.15, 0.2) is 0 Å². The molecule has 2 rings (SSSR count). The maximum Gasteiger partial charge on any atom is 0.290 e. The molecule has 21 heavy (non-hydrogen) atoms. The van der Waals surface area contributed by atoms with Crippen LogP contribution in [-0.4, -0.2) is 54.6 Å². The molecule has 7 nitrogen and oxygen atoms in total. The smallest absolute Gasteiger partial charge is 0.290 e. The van der Waals surface area contributed by atoms with Crippen LogP contribution >= 0.6 is 0 Å². The third-order valence-corrected chi connectivity index (χ3v) is 3.30. The summed E-state index contributed by atoms with van der Waals surface area (Å²) in [4.78, 5) is 26.5. The summed E-state index contributed by atoms with van der Waals surface area (Å²) in [6.07, 6.45) is 2.67. The molecule has 0 aliphatic carbocycles. The largest absolute Gasteiger partial charge is 0.497 e. The standard InChI is InChI=1S/C13H19N3O2.CH2O2/c1-14-13(17)10-4-6-16(8-10)9-11-7-12(18-2)3-5-15-11;2-1-3/h3,5,7,10H,4,6,8-9H2,1-2H3,(H,14,17);1H,(H,2,3). The van der Waals surface area contributed by atoms with Crippen molar-refractivity contribution in [1.29, 1.82) is 0 Å². The van der Waals surface area contributed by atoms with Gasteiger partial charge in [-0.25, -0.2) is 0 Å². The highest BCUT2D eigenvalue weighted by Gasteiger charge is 2.27. The van der Waals surface area contributed by atoms with Crippen molar-refractivity contribution in [1.82, 2.24) is 15.2 Å². The Kier molecular flexibility index (Phi) is 7.17. The highest BCUT2D eigenvalue weighted by atomic mass is 16.5. The van der Waals surface area contributed by atoms with Crippen LogP contribution < -0.4 is 10.1 Å². The first-order chi connectivity index (χ1) is 10.1. The van der Waals surface area contributed by atoms with Crippen LogP contribution in [-0.2, 0) is 16.1 Å². The number of carbonyl (C=O) groups excluding carboxylic acids is 1. The monoisotopic (exact) mass is 295 g/mol. The van der Waals surface area contributed by atoms with E-state index in [9.17, 15) is 4.79 Å². The van der Waals surface area contributed by atoms with Crippen molar-refractivity contribution < 1.29 is 19.4 Å². The van der Waals surface area contributed by atoms with Crippen molar-refractivity contribution in [2.75, 3.05) is 27.2 Å². The van der Waals surface area contributed by atoms with E-state index in [4.69, 9.17) is 14.6 Å². The van der Waals surface area contributed by atoms with Crippen molar-refractivity contribution >= 4 is 12.4 Å². The lowest BCUT2D eigenvalue weighted by molar-refractivity contribution is -0.124. The molecule has 2 heterocycles. The number of carbonyl (C=O) groups is 2. The number of rotatable bonds is 4. The Morgan fingerprint density at radius 1 is 1.67 bits per heavy atom. The van der Waals surface area contributed by atoms with E-state index >= 15 is 0 Å². The third kappa shape index (κ3) is 5.39. The molecule has 7 heteroatoms. The number of ether oxygens (including phenoxy) is 1. The Morgan fingerprint density at radius 3 is 3.00 bits per heavy atom. The number of likely N-dealkylation sites (tertiary alicyclic amines) is 1. The molecule has 116 valence electrons. The van der Waals surface area contributed by atoms with Crippen LogP contribution in [0.3, 0.4) is 0 Å². The average molecular weight is 295 g/mol. The second-order valence-corrected chi connectivity index (χ2v) is 4.63. The summed E-state index contributed by atoms with van der Waals surface area (Å²) in [6.45, 7) is 2.26. The van der Waals surface area contributed by atoms with E-state index in [0.717, 1.165) is 37.5 Å². The van der Waals surface area contributed by atoms with Gasteiger partial charge in [-0.2, -0.15) is 0 Å². The maximum absolute atomic E-state index is 11.5. The van der Waals surface area contributed by atoms with Crippen molar-refractivity contribution in [3.8, 4) is 5.75 Å². The predicted octanol–water partition coefficient (Wildman–Crippen LogP) is 0.359. The molecule has 0 bridgehead atoms. The zero-order valence-corrected chi connectivity index (χ0v) is 12.3. The second kappa shape index (κ2) is 8.91. The molecule has 1 aliphatic rings. The lowest BCUT2D eigenvalue weighted by Gasteiger charge is -2.15. The Bertz CT molecular complexity index is 467. The van der Waals surface area contributed by atoms with E-state index in [2.05, 4.69) is 15.2 Å². The molecular formula is C14H21N3O4. The van der Waals surface area contributed by atoms with Gasteiger partial charge in [0.25, 0.3) is 6.47 Å². The SMILES string of the molecule is CNC(=O)C1CCN(Cc2cc(OC)ccn2)C1.O=CO. The van der Waals surface area contributed by atoms with Gasteiger partial charge in [0.1, 0.15) is 5.75 Å². The number of hydrogen-bond acceptors (Lipinski definition) is 5. The fourth-order valence-electron chi connectivity index (χ4n) is 2.29. The van der Waals surface area contributed by atoms with E-state index in [-0.39, 0.29) is 18.3 Å². The Labute approximate surface area is 123 Å². The molecule has 1 saturated heterocycles. The van der Waals surface area contributed by atoms with Gasteiger partial charge in [-0.1, -0.05) is 0 Å². The van der Waals surface area contributed by atoms with Gasteiger partial charge in [0, 0.05) is 32.4 Å². The Balaban J connectivity index is 0.000000677. The summed E-state index contributed by atoms with van der Waals surface area (Å²) >= 11 is 0. The summed E-state index contributed by atoms with van der Waals surface area (Å²) in [5, 5.41) is 9.60. The highest BCUT2D eigenvalue weighted by Crippen LogP contribution is 2.19. The van der Waals surface area contributed by atoms with E-state index in [0.29, 0.717) is 0 Å². The minimum absolute atomic E-state index is 0.112. The quantitative estimate of drug-likeness (QED) is 0.779. The number of methoxy groups -OCH3 is 1. The molecule has 1 aromatic heterocycles. The van der Waals surface area contributed by atoms with Gasteiger partial charge in [-0.15, -0.1) is 0 Å². The van der Waals surface area contributed by atoms with Crippen LogP contribution in [0.5, 0.6) is 5.75 Å². The predicted molar refractivity (Wildman–Crippen MR) is 76.9 cm³/mol. The average Bonchev–Trinajstić information content (AvgIpc) is 2.96. The molecule has 1 amide bonds. The van der Waals surface area contributed by atoms with Crippen LogP contribution in [0.15, 0.2) is 18.3 Å². The van der Waals surface area contributed by atoms with E-state index in [1.807, 2.05) is 12.1 Å². The minimum Gasteiger partial charge on any atom is -0.497 e. The Morgan fingerprint density at radius 2 is 2.38 bits per heavy atom. The van der Waals surface area contributed by atoms with Crippen LogP contribution in [0.1, 0.15) is 12.1 Å². The minimum atomic E-state index is -0.250. The van der Waals surface area contributed by atoms with Gasteiger partial charge in [-0.05, 0) is 19.0 Å². The fourth-order valence-corrected chi connectivity index (χ4v) is 2.29. The molecule has 1 atom stereocenters. The number of hydrogen-bond donors (Lipinski definition) is 2. The van der Waals surface area contributed by atoms with Gasteiger partial charge in [0.05, 0.1) is 18.7 Å². The van der Waals surface area contributed by atoms with Crippen molar-refractivity contribution in [3.63, 3.8) is 0 Å². The lowest BCUT2D eigenvalue weighted by atomic mass is 10.1. The van der Waals surface area contributed by atoms with Crippen molar-refractivity contribution in [2.24, 2.45) is 5.92 Å². The van der Waals surface area contributed by atoms with Crippen LogP contribution in [0, 0.1) is 5.92 Å². The van der Waals surface area contributed by atoms with Gasteiger partial charge in [0.2, 0.25) is 5.91 Å². The van der Waals surface area contributed by atoms with Crippen LogP contribution in [0.2, 0.25) is 0 Å². The first-order valence-electron chi connectivity index (χ1n) is 6.65. The van der Waals surface area contributed by atoms with Crippen LogP contribution in [0.25, 0.3) is 0 Å².